The summed E-state index contributed by atoms with van der Waals surface area (Å²) in [5.41, 5.74) is 1.38. The molecule has 0 spiro atoms. The highest BCUT2D eigenvalue weighted by atomic mass is 19.1. The van der Waals surface area contributed by atoms with Gasteiger partial charge in [0.15, 0.2) is 11.6 Å². The number of rotatable bonds is 7. The Kier molecular flexibility index (Phi) is 7.32. The Labute approximate surface area is 187 Å². The van der Waals surface area contributed by atoms with E-state index < -0.39 is 5.82 Å². The maximum Gasteiger partial charge on any atom is 0.255 e. The Hall–Kier alpha value is -3.00. The molecule has 4 rings (SSSR count). The van der Waals surface area contributed by atoms with Gasteiger partial charge in [-0.2, -0.15) is 0 Å². The van der Waals surface area contributed by atoms with E-state index in [0.717, 1.165) is 12.1 Å². The second-order valence-electron chi connectivity index (χ2n) is 8.05. The molecule has 8 heteroatoms. The molecule has 2 aliphatic rings. The molecule has 1 aromatic heterocycles. The highest BCUT2D eigenvalue weighted by Crippen LogP contribution is 2.29. The van der Waals surface area contributed by atoms with Crippen molar-refractivity contribution in [2.45, 2.75) is 25.2 Å². The molecule has 1 unspecified atom stereocenters. The Balaban J connectivity index is 1.30. The van der Waals surface area contributed by atoms with Crippen molar-refractivity contribution in [2.75, 3.05) is 46.0 Å². The predicted molar refractivity (Wildman–Crippen MR) is 116 cm³/mol. The first-order valence-electron chi connectivity index (χ1n) is 11.1. The number of carbonyl (C=O) groups excluding carboxylic acids is 2. The van der Waals surface area contributed by atoms with Gasteiger partial charge in [0.1, 0.15) is 0 Å². The van der Waals surface area contributed by atoms with Crippen molar-refractivity contribution in [3.63, 3.8) is 0 Å². The summed E-state index contributed by atoms with van der Waals surface area (Å²) in [6.45, 7) is 3.73. The highest BCUT2D eigenvalue weighted by molar-refractivity contribution is 5.95. The molecule has 3 heterocycles. The fourth-order valence-corrected chi connectivity index (χ4v) is 4.20. The maximum absolute atomic E-state index is 13.6. The normalized spacial score (nSPS) is 18.6. The summed E-state index contributed by atoms with van der Waals surface area (Å²) in [7, 11) is 0. The lowest BCUT2D eigenvalue weighted by molar-refractivity contribution is -0.130. The molecule has 2 aromatic rings. The lowest BCUT2D eigenvalue weighted by Gasteiger charge is -2.28. The van der Waals surface area contributed by atoms with Gasteiger partial charge in [-0.05, 0) is 37.1 Å². The minimum atomic E-state index is -0.404. The van der Waals surface area contributed by atoms with Crippen LogP contribution in [0.2, 0.25) is 0 Å². The van der Waals surface area contributed by atoms with Gasteiger partial charge >= 0.3 is 0 Å². The monoisotopic (exact) mass is 441 g/mol. The second kappa shape index (κ2) is 10.5. The smallest absolute Gasteiger partial charge is 0.255 e. The zero-order valence-corrected chi connectivity index (χ0v) is 18.0. The molecule has 0 N–H and O–H groups in total. The third-order valence-electron chi connectivity index (χ3n) is 5.92. The van der Waals surface area contributed by atoms with Crippen LogP contribution in [0.1, 0.15) is 41.2 Å². The average molecular weight is 442 g/mol. The topological polar surface area (TPSA) is 72.0 Å². The lowest BCUT2D eigenvalue weighted by atomic mass is 9.98. The number of aromatic nitrogens is 1. The van der Waals surface area contributed by atoms with Crippen LogP contribution < -0.4 is 4.74 Å². The first-order valence-corrected chi connectivity index (χ1v) is 11.1. The minimum absolute atomic E-state index is 0.0218. The lowest BCUT2D eigenvalue weighted by Crippen LogP contribution is -2.41. The molecule has 2 aliphatic heterocycles. The number of hydrogen-bond donors (Lipinski definition) is 0. The number of para-hydroxylation sites is 1. The first-order chi connectivity index (χ1) is 15.6. The number of pyridine rings is 1. The number of nitrogens with zero attached hydrogens (tertiary/aromatic N) is 3. The minimum Gasteiger partial charge on any atom is -0.491 e. The van der Waals surface area contributed by atoms with Gasteiger partial charge in [-0.15, -0.1) is 0 Å². The van der Waals surface area contributed by atoms with E-state index in [-0.39, 0.29) is 30.1 Å². The number of benzene rings is 1. The number of likely N-dealkylation sites (tertiary alicyclic amines) is 1. The van der Waals surface area contributed by atoms with E-state index in [9.17, 15) is 14.0 Å². The number of halogens is 1. The van der Waals surface area contributed by atoms with Gasteiger partial charge in [0.2, 0.25) is 5.91 Å². The second-order valence-corrected chi connectivity index (χ2v) is 8.05. The van der Waals surface area contributed by atoms with Crippen LogP contribution in [0.15, 0.2) is 42.6 Å². The van der Waals surface area contributed by atoms with E-state index in [2.05, 4.69) is 4.98 Å². The van der Waals surface area contributed by atoms with Gasteiger partial charge in [-0.1, -0.05) is 12.1 Å². The molecule has 0 radical (unpaired) electrons. The van der Waals surface area contributed by atoms with Gasteiger partial charge in [0, 0.05) is 44.7 Å². The molecule has 0 aliphatic carbocycles. The summed E-state index contributed by atoms with van der Waals surface area (Å²) in [5.74, 6) is -0.143. The van der Waals surface area contributed by atoms with E-state index in [0.29, 0.717) is 57.8 Å². The number of ether oxygens (including phenoxy) is 2. The van der Waals surface area contributed by atoms with Gasteiger partial charge < -0.3 is 19.3 Å². The summed E-state index contributed by atoms with van der Waals surface area (Å²) in [6.07, 6.45) is 3.33. The molecule has 0 bridgehead atoms. The quantitative estimate of drug-likeness (QED) is 0.618. The van der Waals surface area contributed by atoms with Crippen molar-refractivity contribution in [1.29, 1.82) is 0 Å². The van der Waals surface area contributed by atoms with Gasteiger partial charge in [0.25, 0.3) is 5.91 Å². The summed E-state index contributed by atoms with van der Waals surface area (Å²) in [5, 5.41) is 0. The van der Waals surface area contributed by atoms with Crippen molar-refractivity contribution in [3.05, 3.63) is 59.7 Å². The summed E-state index contributed by atoms with van der Waals surface area (Å²) in [6, 6.07) is 9.85. The first kappa shape index (κ1) is 22.2. The van der Waals surface area contributed by atoms with Gasteiger partial charge in [-0.3, -0.25) is 14.6 Å². The zero-order chi connectivity index (χ0) is 22.3. The van der Waals surface area contributed by atoms with Crippen LogP contribution in [-0.4, -0.2) is 72.6 Å². The van der Waals surface area contributed by atoms with Crippen molar-refractivity contribution >= 4 is 11.8 Å². The van der Waals surface area contributed by atoms with Crippen LogP contribution in [0.5, 0.6) is 5.75 Å². The molecule has 7 nitrogen and oxygen atoms in total. The van der Waals surface area contributed by atoms with Crippen molar-refractivity contribution in [1.82, 2.24) is 14.8 Å². The van der Waals surface area contributed by atoms with E-state index in [1.807, 2.05) is 11.0 Å². The van der Waals surface area contributed by atoms with E-state index in [4.69, 9.17) is 9.47 Å². The van der Waals surface area contributed by atoms with E-state index in [1.165, 1.54) is 6.07 Å². The van der Waals surface area contributed by atoms with Crippen molar-refractivity contribution in [2.24, 2.45) is 0 Å². The Bertz CT molecular complexity index is 948. The third kappa shape index (κ3) is 5.24. The summed E-state index contributed by atoms with van der Waals surface area (Å²) in [4.78, 5) is 33.8. The maximum atomic E-state index is 13.6. The summed E-state index contributed by atoms with van der Waals surface area (Å²) < 4.78 is 24.4. The van der Waals surface area contributed by atoms with Crippen LogP contribution >= 0.6 is 0 Å². The number of hydrogen-bond acceptors (Lipinski definition) is 5. The molecular formula is C24H28FN3O4. The molecule has 2 amide bonds. The number of amides is 2. The van der Waals surface area contributed by atoms with Crippen LogP contribution in [0.25, 0.3) is 0 Å². The molecule has 0 saturated carbocycles. The summed E-state index contributed by atoms with van der Waals surface area (Å²) >= 11 is 0. The number of carbonyl (C=O) groups is 2. The van der Waals surface area contributed by atoms with Gasteiger partial charge in [-0.25, -0.2) is 4.39 Å². The molecular weight excluding hydrogens is 413 g/mol. The molecule has 2 fully saturated rings. The average Bonchev–Trinajstić information content (AvgIpc) is 3.33. The van der Waals surface area contributed by atoms with Crippen LogP contribution in [0.4, 0.5) is 4.39 Å². The largest absolute Gasteiger partial charge is 0.491 e. The molecule has 170 valence electrons. The van der Waals surface area contributed by atoms with E-state index >= 15 is 0 Å². The molecule has 32 heavy (non-hydrogen) atoms. The molecule has 1 aromatic carbocycles. The standard InChI is InChI=1S/C24H28FN3O4/c25-20-6-1-2-7-21(20)32-14-4-8-22(29)28-11-9-18(17-28)23-19(5-3-10-26-23)24(30)27-12-15-31-16-13-27/h1-3,5-7,10,18H,4,8-9,11-17H2. The van der Waals surface area contributed by atoms with Crippen LogP contribution in [0, 0.1) is 5.82 Å². The highest BCUT2D eigenvalue weighted by Gasteiger charge is 2.31. The zero-order valence-electron chi connectivity index (χ0n) is 18.0. The fourth-order valence-electron chi connectivity index (χ4n) is 4.20. The van der Waals surface area contributed by atoms with Crippen LogP contribution in [-0.2, 0) is 9.53 Å². The van der Waals surface area contributed by atoms with Crippen molar-refractivity contribution < 1.29 is 23.5 Å². The molecule has 2 saturated heterocycles. The van der Waals surface area contributed by atoms with Crippen LogP contribution in [0.3, 0.4) is 0 Å². The number of morpholine rings is 1. The SMILES string of the molecule is O=C(CCCOc1ccccc1F)N1CCC(c2ncccc2C(=O)N2CCOCC2)C1. The Morgan fingerprint density at radius 2 is 1.91 bits per heavy atom. The third-order valence-corrected chi connectivity index (χ3v) is 5.92. The van der Waals surface area contributed by atoms with E-state index in [1.54, 1.807) is 35.4 Å². The fraction of sp³-hybridized carbons (Fsp3) is 0.458. The predicted octanol–water partition coefficient (Wildman–Crippen LogP) is 2.87. The van der Waals surface area contributed by atoms with Gasteiger partial charge in [0.05, 0.1) is 31.1 Å². The Morgan fingerprint density at radius 3 is 2.72 bits per heavy atom. The molecule has 1 atom stereocenters. The van der Waals surface area contributed by atoms with Crippen molar-refractivity contribution in [3.8, 4) is 5.75 Å². The Morgan fingerprint density at radius 1 is 1.09 bits per heavy atom.